The molecular formula is C4H4N4O4. The number of carboxylic acids is 2. The number of hydrazone groups is 1. The Labute approximate surface area is 65.6 Å². The molecule has 1 rings (SSSR count). The first-order valence-electron chi connectivity index (χ1n) is 2.81. The molecule has 1 aliphatic heterocycles. The molecule has 1 aliphatic rings. The first kappa shape index (κ1) is 8.11. The van der Waals surface area contributed by atoms with Gasteiger partial charge >= 0.3 is 11.9 Å². The molecule has 64 valence electrons. The molecule has 0 aromatic heterocycles. The summed E-state index contributed by atoms with van der Waals surface area (Å²) < 4.78 is 0. The number of nitrogens with zero attached hydrogens (tertiary/aromatic N) is 3. The van der Waals surface area contributed by atoms with E-state index in [2.05, 4.69) is 15.3 Å². The number of azo groups is 1. The zero-order chi connectivity index (χ0) is 9.14. The van der Waals surface area contributed by atoms with Gasteiger partial charge in [-0.05, 0) is 0 Å². The smallest absolute Gasteiger partial charge is 0.377 e. The SMILES string of the molecule is O=C(O)C1=NNC(C(=O)O)N=N1. The lowest BCUT2D eigenvalue weighted by atomic mass is 10.5. The Hall–Kier alpha value is -1.99. The summed E-state index contributed by atoms with van der Waals surface area (Å²) in [5.41, 5.74) is 2.00. The van der Waals surface area contributed by atoms with E-state index in [4.69, 9.17) is 10.2 Å². The van der Waals surface area contributed by atoms with Crippen LogP contribution < -0.4 is 5.43 Å². The monoisotopic (exact) mass is 172 g/mol. The lowest BCUT2D eigenvalue weighted by Gasteiger charge is -2.08. The molecule has 3 N–H and O–H groups in total. The zero-order valence-corrected chi connectivity index (χ0v) is 5.63. The molecule has 8 heteroatoms. The van der Waals surface area contributed by atoms with Crippen LogP contribution in [-0.4, -0.2) is 34.2 Å². The summed E-state index contributed by atoms with van der Waals surface area (Å²) in [6.45, 7) is 0. The molecule has 1 heterocycles. The average molecular weight is 172 g/mol. The minimum absolute atomic E-state index is 0.562. The summed E-state index contributed by atoms with van der Waals surface area (Å²) >= 11 is 0. The molecule has 0 aromatic carbocycles. The number of carboxylic acid groups (broad SMARTS) is 2. The summed E-state index contributed by atoms with van der Waals surface area (Å²) in [5, 5.41) is 26.0. The highest BCUT2D eigenvalue weighted by Crippen LogP contribution is 1.96. The van der Waals surface area contributed by atoms with Crippen LogP contribution in [0.4, 0.5) is 0 Å². The fraction of sp³-hybridized carbons (Fsp3) is 0.250. The van der Waals surface area contributed by atoms with E-state index >= 15 is 0 Å². The van der Waals surface area contributed by atoms with Crippen molar-refractivity contribution in [3.05, 3.63) is 0 Å². The van der Waals surface area contributed by atoms with Crippen LogP contribution in [0.25, 0.3) is 0 Å². The molecule has 0 aromatic rings. The maximum Gasteiger partial charge on any atom is 0.377 e. The minimum atomic E-state index is -1.37. The van der Waals surface area contributed by atoms with Crippen molar-refractivity contribution in [2.24, 2.45) is 15.3 Å². The van der Waals surface area contributed by atoms with Gasteiger partial charge in [-0.15, -0.1) is 15.3 Å². The fourth-order valence-electron chi connectivity index (χ4n) is 0.478. The lowest BCUT2D eigenvalue weighted by molar-refractivity contribution is -0.139. The number of rotatable bonds is 2. The van der Waals surface area contributed by atoms with Crippen LogP contribution in [0.3, 0.4) is 0 Å². The van der Waals surface area contributed by atoms with E-state index in [0.29, 0.717) is 0 Å². The second-order valence-corrected chi connectivity index (χ2v) is 1.83. The Morgan fingerprint density at radius 1 is 1.42 bits per heavy atom. The van der Waals surface area contributed by atoms with Crippen LogP contribution in [0.15, 0.2) is 15.3 Å². The molecule has 12 heavy (non-hydrogen) atoms. The van der Waals surface area contributed by atoms with Gasteiger partial charge in [0.2, 0.25) is 0 Å². The number of carbonyl (C=O) groups is 2. The first-order chi connectivity index (χ1) is 5.61. The molecule has 0 spiro atoms. The lowest BCUT2D eigenvalue weighted by Crippen LogP contribution is -2.35. The standard InChI is InChI=1S/C4H4N4O4/c9-3(10)1-5-7-2(4(11)12)8-6-1/h1,5H,(H,9,10)(H,11,12). The molecular weight excluding hydrogens is 168 g/mol. The molecule has 0 saturated carbocycles. The summed E-state index contributed by atoms with van der Waals surface area (Å²) in [7, 11) is 0. The van der Waals surface area contributed by atoms with Gasteiger partial charge in [0.1, 0.15) is 0 Å². The average Bonchev–Trinajstić information content (AvgIpc) is 2.04. The van der Waals surface area contributed by atoms with E-state index in [1.807, 2.05) is 5.43 Å². The van der Waals surface area contributed by atoms with Crippen molar-refractivity contribution in [2.45, 2.75) is 6.17 Å². The van der Waals surface area contributed by atoms with Gasteiger partial charge in [0.25, 0.3) is 12.0 Å². The van der Waals surface area contributed by atoms with Crippen LogP contribution in [-0.2, 0) is 9.59 Å². The van der Waals surface area contributed by atoms with Crippen molar-refractivity contribution in [1.29, 1.82) is 0 Å². The van der Waals surface area contributed by atoms with E-state index in [0.717, 1.165) is 0 Å². The van der Waals surface area contributed by atoms with Crippen molar-refractivity contribution in [3.63, 3.8) is 0 Å². The summed E-state index contributed by atoms with van der Waals surface area (Å²) in [4.78, 5) is 20.4. The second kappa shape index (κ2) is 2.95. The van der Waals surface area contributed by atoms with Crippen LogP contribution in [0, 0.1) is 0 Å². The number of nitrogens with one attached hydrogen (secondary N) is 1. The van der Waals surface area contributed by atoms with Crippen LogP contribution in [0.1, 0.15) is 0 Å². The maximum absolute atomic E-state index is 10.2. The van der Waals surface area contributed by atoms with Gasteiger partial charge in [-0.25, -0.2) is 9.59 Å². The van der Waals surface area contributed by atoms with Gasteiger partial charge in [-0.3, -0.25) is 5.43 Å². The molecule has 0 amide bonds. The third-order valence-electron chi connectivity index (χ3n) is 0.986. The minimum Gasteiger partial charge on any atom is -0.478 e. The van der Waals surface area contributed by atoms with E-state index in [1.165, 1.54) is 0 Å². The molecule has 8 nitrogen and oxygen atoms in total. The molecule has 0 fully saturated rings. The summed E-state index contributed by atoms with van der Waals surface area (Å²) in [5.74, 6) is -3.20. The Bertz CT molecular complexity index is 283. The van der Waals surface area contributed by atoms with E-state index in [9.17, 15) is 9.59 Å². The Balaban J connectivity index is 2.68. The van der Waals surface area contributed by atoms with E-state index in [-0.39, 0.29) is 0 Å². The molecule has 0 aliphatic carbocycles. The Morgan fingerprint density at radius 2 is 2.08 bits per heavy atom. The quantitative estimate of drug-likeness (QED) is 0.485. The van der Waals surface area contributed by atoms with E-state index in [1.54, 1.807) is 0 Å². The molecule has 1 atom stereocenters. The largest absolute Gasteiger partial charge is 0.478 e. The van der Waals surface area contributed by atoms with Crippen LogP contribution in [0.2, 0.25) is 0 Å². The predicted octanol–water partition coefficient (Wildman–Crippen LogP) is -1.15. The topological polar surface area (TPSA) is 124 Å². The number of aliphatic carboxylic acids is 2. The highest BCUT2D eigenvalue weighted by Gasteiger charge is 2.21. The van der Waals surface area contributed by atoms with Crippen LogP contribution >= 0.6 is 0 Å². The number of hydrogen-bond donors (Lipinski definition) is 3. The van der Waals surface area contributed by atoms with Gasteiger partial charge in [0.05, 0.1) is 0 Å². The Morgan fingerprint density at radius 3 is 2.42 bits per heavy atom. The summed E-state index contributed by atoms with van der Waals surface area (Å²) in [6.07, 6.45) is -1.30. The predicted molar refractivity (Wildman–Crippen MR) is 34.5 cm³/mol. The second-order valence-electron chi connectivity index (χ2n) is 1.83. The molecule has 0 saturated heterocycles. The fourth-order valence-corrected chi connectivity index (χ4v) is 0.478. The van der Waals surface area contributed by atoms with Gasteiger partial charge in [-0.1, -0.05) is 0 Å². The number of hydrogen-bond acceptors (Lipinski definition) is 6. The van der Waals surface area contributed by atoms with Crippen molar-refractivity contribution >= 4 is 17.8 Å². The molecule has 0 radical (unpaired) electrons. The third kappa shape index (κ3) is 1.54. The maximum atomic E-state index is 10.2. The third-order valence-corrected chi connectivity index (χ3v) is 0.986. The highest BCUT2D eigenvalue weighted by atomic mass is 16.4. The number of amidine groups is 1. The van der Waals surface area contributed by atoms with Crippen LogP contribution in [0.5, 0.6) is 0 Å². The van der Waals surface area contributed by atoms with E-state index < -0.39 is 23.9 Å². The summed E-state index contributed by atoms with van der Waals surface area (Å²) in [6, 6.07) is 0. The van der Waals surface area contributed by atoms with Gasteiger partial charge in [0, 0.05) is 0 Å². The van der Waals surface area contributed by atoms with Gasteiger partial charge < -0.3 is 10.2 Å². The normalized spacial score (nSPS) is 21.0. The van der Waals surface area contributed by atoms with Crippen molar-refractivity contribution in [1.82, 2.24) is 5.43 Å². The zero-order valence-electron chi connectivity index (χ0n) is 5.63. The molecule has 1 unspecified atom stereocenters. The van der Waals surface area contributed by atoms with Gasteiger partial charge in [-0.2, -0.15) is 0 Å². The van der Waals surface area contributed by atoms with Crippen molar-refractivity contribution < 1.29 is 19.8 Å². The first-order valence-corrected chi connectivity index (χ1v) is 2.81. The van der Waals surface area contributed by atoms with Crippen molar-refractivity contribution in [2.75, 3.05) is 0 Å². The van der Waals surface area contributed by atoms with Gasteiger partial charge in [0.15, 0.2) is 0 Å². The highest BCUT2D eigenvalue weighted by molar-refractivity contribution is 6.34. The van der Waals surface area contributed by atoms with Crippen molar-refractivity contribution in [3.8, 4) is 0 Å². The Kier molecular flexibility index (Phi) is 1.99. The molecule has 0 bridgehead atoms.